The summed E-state index contributed by atoms with van der Waals surface area (Å²) in [5.74, 6) is 1.54. The van der Waals surface area contributed by atoms with Crippen molar-refractivity contribution in [2.45, 2.75) is 39.5 Å². The highest BCUT2D eigenvalue weighted by Crippen LogP contribution is 2.25. The number of phenols is 1. The molecule has 1 amide bonds. The second-order valence-corrected chi connectivity index (χ2v) is 6.96. The van der Waals surface area contributed by atoms with Crippen LogP contribution in [0.15, 0.2) is 53.1 Å². The zero-order valence-electron chi connectivity index (χ0n) is 15.8. The summed E-state index contributed by atoms with van der Waals surface area (Å²) in [6.45, 7) is 6.21. The third-order valence-electron chi connectivity index (χ3n) is 4.41. The van der Waals surface area contributed by atoms with Gasteiger partial charge in [-0.25, -0.2) is 4.98 Å². The first-order chi connectivity index (χ1) is 12.9. The lowest BCUT2D eigenvalue weighted by Gasteiger charge is -2.07. The lowest BCUT2D eigenvalue weighted by Crippen LogP contribution is -2.12. The summed E-state index contributed by atoms with van der Waals surface area (Å²) in [5.41, 5.74) is 3.61. The van der Waals surface area contributed by atoms with E-state index in [1.54, 1.807) is 24.4 Å². The fourth-order valence-electron chi connectivity index (χ4n) is 2.77. The van der Waals surface area contributed by atoms with Gasteiger partial charge in [0.1, 0.15) is 5.75 Å². The summed E-state index contributed by atoms with van der Waals surface area (Å²) < 4.78 is 5.77. The molecule has 0 aliphatic carbocycles. The lowest BCUT2D eigenvalue weighted by atomic mass is 10.0. The summed E-state index contributed by atoms with van der Waals surface area (Å²) in [4.78, 5) is 16.4. The molecule has 2 N–H and O–H groups in total. The van der Waals surface area contributed by atoms with Crippen LogP contribution >= 0.6 is 0 Å². The normalized spacial score (nSPS) is 11.0. The van der Waals surface area contributed by atoms with Crippen LogP contribution in [-0.4, -0.2) is 16.0 Å². The second-order valence-electron chi connectivity index (χ2n) is 6.96. The van der Waals surface area contributed by atoms with Crippen LogP contribution in [0.1, 0.15) is 43.2 Å². The number of rotatable bonds is 6. The number of aromatic hydroxyl groups is 1. The molecule has 0 fully saturated rings. The minimum Gasteiger partial charge on any atom is -0.506 e. The predicted octanol–water partition coefficient (Wildman–Crippen LogP) is 5.05. The number of aryl methyl sites for hydroxylation is 2. The van der Waals surface area contributed by atoms with Gasteiger partial charge in [0.2, 0.25) is 5.91 Å². The number of benzene rings is 2. The number of nitrogens with zero attached hydrogens (tertiary/aromatic N) is 1. The van der Waals surface area contributed by atoms with E-state index in [9.17, 15) is 9.90 Å². The molecule has 0 saturated heterocycles. The zero-order chi connectivity index (χ0) is 19.4. The van der Waals surface area contributed by atoms with Crippen molar-refractivity contribution in [1.29, 1.82) is 0 Å². The molecule has 0 bridgehead atoms. The van der Waals surface area contributed by atoms with Crippen LogP contribution in [0.3, 0.4) is 0 Å². The highest BCUT2D eigenvalue weighted by molar-refractivity contribution is 5.92. The minimum absolute atomic E-state index is 0.0530. The second kappa shape index (κ2) is 8.08. The smallest absolute Gasteiger partial charge is 0.224 e. The molecular weight excluding hydrogens is 340 g/mol. The number of carbonyl (C=O) groups excluding carboxylic acids is 1. The minimum atomic E-state index is -0.197. The SMILES string of the molecule is Cc1ccc(O)c(NC(=O)CCc2ncc(-c3ccc(C(C)C)cc3)o2)c1. The van der Waals surface area contributed by atoms with Crippen molar-refractivity contribution in [3.05, 3.63) is 65.7 Å². The van der Waals surface area contributed by atoms with E-state index in [-0.39, 0.29) is 18.1 Å². The Morgan fingerprint density at radius 1 is 1.19 bits per heavy atom. The number of anilines is 1. The molecule has 0 spiro atoms. The third kappa shape index (κ3) is 4.76. The standard InChI is InChI=1S/C22H24N2O3/c1-14(2)16-5-7-17(8-6-16)20-13-23-22(27-20)11-10-21(26)24-18-12-15(3)4-9-19(18)25/h4-9,12-14,25H,10-11H2,1-3H3,(H,24,26). The number of aromatic nitrogens is 1. The van der Waals surface area contributed by atoms with Gasteiger partial charge < -0.3 is 14.8 Å². The van der Waals surface area contributed by atoms with Crippen molar-refractivity contribution in [3.8, 4) is 17.1 Å². The van der Waals surface area contributed by atoms with Crippen molar-refractivity contribution in [2.24, 2.45) is 0 Å². The first-order valence-electron chi connectivity index (χ1n) is 9.07. The fraction of sp³-hybridized carbons (Fsp3) is 0.273. The number of oxazole rings is 1. The molecule has 5 heteroatoms. The van der Waals surface area contributed by atoms with Gasteiger partial charge in [0.15, 0.2) is 11.7 Å². The van der Waals surface area contributed by atoms with Crippen molar-refractivity contribution < 1.29 is 14.3 Å². The topological polar surface area (TPSA) is 75.4 Å². The van der Waals surface area contributed by atoms with Crippen LogP contribution in [0.2, 0.25) is 0 Å². The first kappa shape index (κ1) is 18.7. The van der Waals surface area contributed by atoms with E-state index in [1.807, 2.05) is 19.1 Å². The van der Waals surface area contributed by atoms with Gasteiger partial charge in [-0.2, -0.15) is 0 Å². The summed E-state index contributed by atoms with van der Waals surface area (Å²) in [5, 5.41) is 12.5. The molecule has 0 atom stereocenters. The highest BCUT2D eigenvalue weighted by atomic mass is 16.4. The molecule has 0 radical (unpaired) electrons. The van der Waals surface area contributed by atoms with Crippen molar-refractivity contribution >= 4 is 11.6 Å². The monoisotopic (exact) mass is 364 g/mol. The maximum absolute atomic E-state index is 12.1. The molecule has 5 nitrogen and oxygen atoms in total. The average Bonchev–Trinajstić information content (AvgIpc) is 3.12. The molecule has 140 valence electrons. The van der Waals surface area contributed by atoms with Crippen LogP contribution in [0.5, 0.6) is 5.75 Å². The number of nitrogens with one attached hydrogen (secondary N) is 1. The Hall–Kier alpha value is -3.08. The van der Waals surface area contributed by atoms with E-state index >= 15 is 0 Å². The van der Waals surface area contributed by atoms with Crippen LogP contribution in [-0.2, 0) is 11.2 Å². The number of amides is 1. The van der Waals surface area contributed by atoms with Crippen LogP contribution in [0, 0.1) is 6.92 Å². The van der Waals surface area contributed by atoms with Gasteiger partial charge in [-0.15, -0.1) is 0 Å². The van der Waals surface area contributed by atoms with E-state index in [1.165, 1.54) is 5.56 Å². The number of hydrogen-bond donors (Lipinski definition) is 2. The Morgan fingerprint density at radius 2 is 1.93 bits per heavy atom. The molecule has 0 saturated carbocycles. The summed E-state index contributed by atoms with van der Waals surface area (Å²) in [6, 6.07) is 13.3. The molecule has 3 aromatic rings. The molecular formula is C22H24N2O3. The summed E-state index contributed by atoms with van der Waals surface area (Å²) >= 11 is 0. The molecule has 3 rings (SSSR count). The van der Waals surface area contributed by atoms with E-state index in [4.69, 9.17) is 4.42 Å². The number of carbonyl (C=O) groups is 1. The van der Waals surface area contributed by atoms with Crippen molar-refractivity contribution in [2.75, 3.05) is 5.32 Å². The maximum Gasteiger partial charge on any atom is 0.224 e. The average molecular weight is 364 g/mol. The van der Waals surface area contributed by atoms with Crippen LogP contribution in [0.4, 0.5) is 5.69 Å². The molecule has 1 heterocycles. The van der Waals surface area contributed by atoms with E-state index in [0.717, 1.165) is 11.1 Å². The predicted molar refractivity (Wildman–Crippen MR) is 106 cm³/mol. The fourth-order valence-corrected chi connectivity index (χ4v) is 2.77. The first-order valence-corrected chi connectivity index (χ1v) is 9.07. The van der Waals surface area contributed by atoms with Gasteiger partial charge in [-0.3, -0.25) is 4.79 Å². The lowest BCUT2D eigenvalue weighted by molar-refractivity contribution is -0.116. The zero-order valence-corrected chi connectivity index (χ0v) is 15.8. The highest BCUT2D eigenvalue weighted by Gasteiger charge is 2.11. The van der Waals surface area contributed by atoms with E-state index < -0.39 is 0 Å². The summed E-state index contributed by atoms with van der Waals surface area (Å²) in [6.07, 6.45) is 2.30. The van der Waals surface area contributed by atoms with E-state index in [0.29, 0.717) is 29.7 Å². The molecule has 0 aliphatic rings. The Kier molecular flexibility index (Phi) is 5.60. The maximum atomic E-state index is 12.1. The van der Waals surface area contributed by atoms with Gasteiger partial charge >= 0.3 is 0 Å². The van der Waals surface area contributed by atoms with E-state index in [2.05, 4.69) is 36.3 Å². The largest absolute Gasteiger partial charge is 0.506 e. The molecule has 2 aromatic carbocycles. The Labute approximate surface area is 159 Å². The quantitative estimate of drug-likeness (QED) is 0.600. The summed E-state index contributed by atoms with van der Waals surface area (Å²) in [7, 11) is 0. The van der Waals surface area contributed by atoms with Gasteiger partial charge in [0.25, 0.3) is 0 Å². The number of phenolic OH excluding ortho intramolecular Hbond substituents is 1. The molecule has 27 heavy (non-hydrogen) atoms. The number of hydrogen-bond acceptors (Lipinski definition) is 4. The Morgan fingerprint density at radius 3 is 2.63 bits per heavy atom. The van der Waals surface area contributed by atoms with Gasteiger partial charge in [0, 0.05) is 18.4 Å². The molecule has 0 aliphatic heterocycles. The Bertz CT molecular complexity index is 927. The van der Waals surface area contributed by atoms with Crippen molar-refractivity contribution in [3.63, 3.8) is 0 Å². The van der Waals surface area contributed by atoms with Crippen LogP contribution < -0.4 is 5.32 Å². The molecule has 0 unspecified atom stereocenters. The van der Waals surface area contributed by atoms with Gasteiger partial charge in [0.05, 0.1) is 11.9 Å². The van der Waals surface area contributed by atoms with Crippen molar-refractivity contribution in [1.82, 2.24) is 4.98 Å². The Balaban J connectivity index is 1.59. The van der Waals surface area contributed by atoms with Crippen LogP contribution in [0.25, 0.3) is 11.3 Å². The third-order valence-corrected chi connectivity index (χ3v) is 4.41. The van der Waals surface area contributed by atoms with Gasteiger partial charge in [-0.1, -0.05) is 44.2 Å². The van der Waals surface area contributed by atoms with Gasteiger partial charge in [-0.05, 0) is 36.1 Å². The molecule has 1 aromatic heterocycles.